The average Bonchev–Trinajstić information content (AvgIpc) is 2.16. The molecule has 0 saturated heterocycles. The Hall–Kier alpha value is -0.770. The molecule has 0 fully saturated rings. The van der Waals surface area contributed by atoms with E-state index in [1.807, 2.05) is 48.5 Å². The molecular weight excluding hydrogens is 204 g/mol. The number of ether oxygens (including phenoxy) is 1. The smallest absolute Gasteiger partial charge is 0.407 e. The Morgan fingerprint density at radius 3 is 1.94 bits per heavy atom. The van der Waals surface area contributed by atoms with Crippen LogP contribution < -0.4 is 11.1 Å². The molecule has 1 amide bonds. The maximum absolute atomic E-state index is 11.2. The predicted octanol–water partition coefficient (Wildman–Crippen LogP) is 2.52. The van der Waals surface area contributed by atoms with E-state index >= 15 is 0 Å². The SMILES string of the molecule is CC.CC(C)(CN)CNC(=O)OC(C)(C)C. The minimum absolute atomic E-state index is 0.0864. The Kier molecular flexibility index (Phi) is 8.25. The van der Waals surface area contributed by atoms with Gasteiger partial charge in [0, 0.05) is 6.54 Å². The van der Waals surface area contributed by atoms with Crippen LogP contribution in [0.5, 0.6) is 0 Å². The molecule has 0 rings (SSSR count). The van der Waals surface area contributed by atoms with Gasteiger partial charge in [-0.05, 0) is 32.7 Å². The highest BCUT2D eigenvalue weighted by atomic mass is 16.6. The summed E-state index contributed by atoms with van der Waals surface area (Å²) in [5.41, 5.74) is 4.99. The molecule has 0 heterocycles. The second-order valence-corrected chi connectivity index (χ2v) is 5.22. The number of amides is 1. The molecule has 3 N–H and O–H groups in total. The predicted molar refractivity (Wildman–Crippen MR) is 68.4 cm³/mol. The highest BCUT2D eigenvalue weighted by Gasteiger charge is 2.20. The van der Waals surface area contributed by atoms with Gasteiger partial charge in [-0.3, -0.25) is 0 Å². The van der Waals surface area contributed by atoms with Gasteiger partial charge in [0.25, 0.3) is 0 Å². The van der Waals surface area contributed by atoms with Crippen molar-refractivity contribution in [2.45, 2.75) is 54.1 Å². The van der Waals surface area contributed by atoms with Crippen molar-refractivity contribution in [2.24, 2.45) is 11.1 Å². The largest absolute Gasteiger partial charge is 0.444 e. The highest BCUT2D eigenvalue weighted by Crippen LogP contribution is 2.11. The summed E-state index contributed by atoms with van der Waals surface area (Å²) >= 11 is 0. The standard InChI is InChI=1S/C10H22N2O2.C2H6/c1-9(2,3)14-8(13)12-7-10(4,5)6-11;1-2/h6-7,11H2,1-5H3,(H,12,13);1-2H3. The molecule has 0 saturated carbocycles. The van der Waals surface area contributed by atoms with Gasteiger partial charge in [-0.15, -0.1) is 0 Å². The van der Waals surface area contributed by atoms with Crippen LogP contribution in [0.25, 0.3) is 0 Å². The molecule has 0 unspecified atom stereocenters. The van der Waals surface area contributed by atoms with Crippen LogP contribution in [0.2, 0.25) is 0 Å². The molecule has 0 aliphatic rings. The normalized spacial score (nSPS) is 11.2. The summed E-state index contributed by atoms with van der Waals surface area (Å²) < 4.78 is 5.09. The van der Waals surface area contributed by atoms with Crippen molar-refractivity contribution in [3.63, 3.8) is 0 Å². The van der Waals surface area contributed by atoms with Crippen molar-refractivity contribution in [1.82, 2.24) is 5.32 Å². The lowest BCUT2D eigenvalue weighted by molar-refractivity contribution is 0.0508. The monoisotopic (exact) mass is 232 g/mol. The van der Waals surface area contributed by atoms with E-state index in [0.29, 0.717) is 13.1 Å². The third kappa shape index (κ3) is 11.3. The van der Waals surface area contributed by atoms with Crippen LogP contribution in [0.3, 0.4) is 0 Å². The zero-order valence-electron chi connectivity index (χ0n) is 11.8. The molecule has 0 atom stereocenters. The van der Waals surface area contributed by atoms with E-state index in [1.54, 1.807) is 0 Å². The zero-order valence-corrected chi connectivity index (χ0v) is 11.8. The first-order valence-electron chi connectivity index (χ1n) is 5.83. The van der Waals surface area contributed by atoms with E-state index in [0.717, 1.165) is 0 Å². The highest BCUT2D eigenvalue weighted by molar-refractivity contribution is 5.67. The molecule has 0 aliphatic carbocycles. The second kappa shape index (κ2) is 7.49. The minimum Gasteiger partial charge on any atom is -0.444 e. The van der Waals surface area contributed by atoms with Crippen LogP contribution >= 0.6 is 0 Å². The summed E-state index contributed by atoms with van der Waals surface area (Å²) in [4.78, 5) is 11.2. The maximum atomic E-state index is 11.2. The lowest BCUT2D eigenvalue weighted by atomic mass is 9.94. The number of hydrogen-bond acceptors (Lipinski definition) is 3. The third-order valence-corrected chi connectivity index (χ3v) is 1.66. The fourth-order valence-corrected chi connectivity index (χ4v) is 0.698. The average molecular weight is 232 g/mol. The number of alkyl carbamates (subject to hydrolysis) is 1. The van der Waals surface area contributed by atoms with E-state index in [4.69, 9.17) is 10.5 Å². The van der Waals surface area contributed by atoms with Crippen LogP contribution in [-0.4, -0.2) is 24.8 Å². The van der Waals surface area contributed by atoms with Crippen LogP contribution in [0.1, 0.15) is 48.5 Å². The Balaban J connectivity index is 0. The van der Waals surface area contributed by atoms with Crippen molar-refractivity contribution in [3.8, 4) is 0 Å². The van der Waals surface area contributed by atoms with Crippen molar-refractivity contribution in [3.05, 3.63) is 0 Å². The number of hydrogen-bond donors (Lipinski definition) is 2. The fraction of sp³-hybridized carbons (Fsp3) is 0.917. The van der Waals surface area contributed by atoms with E-state index in [2.05, 4.69) is 5.32 Å². The molecular formula is C12H28N2O2. The summed E-state index contributed by atoms with van der Waals surface area (Å²) in [7, 11) is 0. The topological polar surface area (TPSA) is 64.3 Å². The Bertz CT molecular complexity index is 196. The number of rotatable bonds is 3. The molecule has 0 aliphatic heterocycles. The molecule has 4 nitrogen and oxygen atoms in total. The molecule has 0 radical (unpaired) electrons. The molecule has 0 aromatic rings. The summed E-state index contributed by atoms with van der Waals surface area (Å²) in [6.45, 7) is 14.5. The van der Waals surface area contributed by atoms with Crippen LogP contribution in [0.15, 0.2) is 0 Å². The molecule has 0 aromatic carbocycles. The van der Waals surface area contributed by atoms with Crippen LogP contribution in [0, 0.1) is 5.41 Å². The summed E-state index contributed by atoms with van der Waals surface area (Å²) in [6.07, 6.45) is -0.390. The van der Waals surface area contributed by atoms with Crippen molar-refractivity contribution in [2.75, 3.05) is 13.1 Å². The number of nitrogens with two attached hydrogens (primary N) is 1. The Morgan fingerprint density at radius 1 is 1.19 bits per heavy atom. The van der Waals surface area contributed by atoms with Gasteiger partial charge in [0.15, 0.2) is 0 Å². The zero-order chi connectivity index (χ0) is 13.4. The van der Waals surface area contributed by atoms with Gasteiger partial charge in [0.1, 0.15) is 5.60 Å². The molecule has 0 spiro atoms. The van der Waals surface area contributed by atoms with E-state index < -0.39 is 5.60 Å². The number of carbonyl (C=O) groups is 1. The maximum Gasteiger partial charge on any atom is 0.407 e. The first-order chi connectivity index (χ1) is 7.16. The van der Waals surface area contributed by atoms with Crippen LogP contribution in [0.4, 0.5) is 4.79 Å². The Morgan fingerprint density at radius 2 is 1.62 bits per heavy atom. The van der Waals surface area contributed by atoms with Gasteiger partial charge >= 0.3 is 6.09 Å². The summed E-state index contributed by atoms with van der Waals surface area (Å²) in [5, 5.41) is 2.69. The second-order valence-electron chi connectivity index (χ2n) is 5.22. The third-order valence-electron chi connectivity index (χ3n) is 1.66. The first-order valence-corrected chi connectivity index (χ1v) is 5.83. The lowest BCUT2D eigenvalue weighted by Gasteiger charge is -2.25. The van der Waals surface area contributed by atoms with E-state index in [9.17, 15) is 4.79 Å². The van der Waals surface area contributed by atoms with Gasteiger partial charge in [-0.25, -0.2) is 4.79 Å². The van der Waals surface area contributed by atoms with Gasteiger partial charge < -0.3 is 15.8 Å². The van der Waals surface area contributed by atoms with Crippen molar-refractivity contribution < 1.29 is 9.53 Å². The quantitative estimate of drug-likeness (QED) is 0.786. The minimum atomic E-state index is -0.447. The molecule has 4 heteroatoms. The van der Waals surface area contributed by atoms with Gasteiger partial charge in [-0.2, -0.15) is 0 Å². The Labute approximate surface area is 99.9 Å². The molecule has 98 valence electrons. The molecule has 16 heavy (non-hydrogen) atoms. The molecule has 0 aromatic heterocycles. The van der Waals surface area contributed by atoms with Crippen molar-refractivity contribution in [1.29, 1.82) is 0 Å². The van der Waals surface area contributed by atoms with Gasteiger partial charge in [-0.1, -0.05) is 27.7 Å². The van der Waals surface area contributed by atoms with E-state index in [1.165, 1.54) is 0 Å². The van der Waals surface area contributed by atoms with Crippen molar-refractivity contribution >= 4 is 6.09 Å². The lowest BCUT2D eigenvalue weighted by Crippen LogP contribution is -2.40. The number of carbonyl (C=O) groups excluding carboxylic acids is 1. The van der Waals surface area contributed by atoms with Gasteiger partial charge in [0.05, 0.1) is 0 Å². The first kappa shape index (κ1) is 17.6. The van der Waals surface area contributed by atoms with Gasteiger partial charge in [0.2, 0.25) is 0 Å². The summed E-state index contributed by atoms with van der Waals surface area (Å²) in [5.74, 6) is 0. The molecule has 0 bridgehead atoms. The fourth-order valence-electron chi connectivity index (χ4n) is 0.698. The summed E-state index contributed by atoms with van der Waals surface area (Å²) in [6, 6.07) is 0. The number of nitrogens with one attached hydrogen (secondary N) is 1. The van der Waals surface area contributed by atoms with Crippen LogP contribution in [-0.2, 0) is 4.74 Å². The van der Waals surface area contributed by atoms with E-state index in [-0.39, 0.29) is 11.5 Å².